The fourth-order valence-corrected chi connectivity index (χ4v) is 10.8. The van der Waals surface area contributed by atoms with E-state index in [2.05, 4.69) is 209 Å². The van der Waals surface area contributed by atoms with E-state index in [1.165, 1.54) is 59.8 Å². The summed E-state index contributed by atoms with van der Waals surface area (Å²) >= 11 is 0. The van der Waals surface area contributed by atoms with Gasteiger partial charge in [-0.2, -0.15) is 9.97 Å². The summed E-state index contributed by atoms with van der Waals surface area (Å²) < 4.78 is 4.68. The van der Waals surface area contributed by atoms with Crippen molar-refractivity contribution in [2.45, 2.75) is 0 Å². The summed E-state index contributed by atoms with van der Waals surface area (Å²) in [5.74, 6) is 1.82. The predicted molar refractivity (Wildman–Crippen MR) is 283 cm³/mol. The van der Waals surface area contributed by atoms with Crippen LogP contribution >= 0.6 is 0 Å². The molecule has 68 heavy (non-hydrogen) atoms. The van der Waals surface area contributed by atoms with E-state index in [1.807, 2.05) is 36.4 Å². The summed E-state index contributed by atoms with van der Waals surface area (Å²) in [7, 11) is 0. The number of rotatable bonds is 6. The fourth-order valence-electron chi connectivity index (χ4n) is 10.8. The van der Waals surface area contributed by atoms with Gasteiger partial charge >= 0.3 is 0 Å². The van der Waals surface area contributed by atoms with E-state index < -0.39 is 0 Å². The molecule has 0 spiro atoms. The van der Waals surface area contributed by atoms with Gasteiger partial charge in [0, 0.05) is 38.2 Å². The Morgan fingerprint density at radius 1 is 0.250 bits per heavy atom. The standard InChI is InChI=1S/C63H39N5/c1-3-19-40(20-4-1)61-64-62(41-21-5-2-6-22-41)66-63(65-61)68-56-34-18-15-31-52(56)60-58(68)38-37-57-59(60)51-30-14-17-33-55(51)67(57)54-32-16-13-29-50(54)44-24-8-7-23-43(44)42-35-36-49-47-27-10-9-25-45(47)46-26-11-12-28-48(46)53(49)39-42/h1-39H. The highest BCUT2D eigenvalue weighted by Crippen LogP contribution is 2.45. The maximum atomic E-state index is 5.23. The minimum absolute atomic E-state index is 0.573. The van der Waals surface area contributed by atoms with Crippen molar-refractivity contribution in [3.8, 4) is 56.7 Å². The summed E-state index contributed by atoms with van der Waals surface area (Å²) in [5.41, 5.74) is 12.0. The molecule has 0 saturated carbocycles. The highest BCUT2D eigenvalue weighted by Gasteiger charge is 2.24. The summed E-state index contributed by atoms with van der Waals surface area (Å²) in [6.45, 7) is 0. The molecule has 0 aliphatic rings. The van der Waals surface area contributed by atoms with E-state index >= 15 is 0 Å². The minimum atomic E-state index is 0.573. The molecule has 0 saturated heterocycles. The van der Waals surface area contributed by atoms with Gasteiger partial charge in [-0.15, -0.1) is 0 Å². The third-order valence-corrected chi connectivity index (χ3v) is 13.8. The lowest BCUT2D eigenvalue weighted by molar-refractivity contribution is 0.953. The second-order valence-electron chi connectivity index (χ2n) is 17.5. The monoisotopic (exact) mass is 865 g/mol. The van der Waals surface area contributed by atoms with Crippen LogP contribution in [0, 0.1) is 0 Å². The van der Waals surface area contributed by atoms with E-state index in [4.69, 9.17) is 15.0 Å². The molecule has 5 nitrogen and oxygen atoms in total. The Morgan fingerprint density at radius 2 is 0.676 bits per heavy atom. The van der Waals surface area contributed by atoms with Crippen molar-refractivity contribution in [2.75, 3.05) is 0 Å². The van der Waals surface area contributed by atoms with Crippen LogP contribution in [0.2, 0.25) is 0 Å². The van der Waals surface area contributed by atoms with Gasteiger partial charge in [-0.3, -0.25) is 4.57 Å². The highest BCUT2D eigenvalue weighted by atomic mass is 15.2. The Hall–Kier alpha value is -9.19. The van der Waals surface area contributed by atoms with Crippen molar-refractivity contribution in [3.05, 3.63) is 237 Å². The lowest BCUT2D eigenvalue weighted by atomic mass is 9.89. The van der Waals surface area contributed by atoms with Crippen LogP contribution < -0.4 is 0 Å². The Kier molecular flexibility index (Phi) is 8.52. The molecule has 0 aliphatic carbocycles. The van der Waals surface area contributed by atoms with Gasteiger partial charge in [0.15, 0.2) is 11.6 Å². The number of para-hydroxylation sites is 3. The van der Waals surface area contributed by atoms with E-state index in [0.29, 0.717) is 17.6 Å². The fraction of sp³-hybridized carbons (Fsp3) is 0. The smallest absolute Gasteiger partial charge is 0.238 e. The first-order valence-electron chi connectivity index (χ1n) is 23.1. The molecule has 3 heterocycles. The second kappa shape index (κ2) is 15.2. The van der Waals surface area contributed by atoms with Crippen molar-refractivity contribution in [1.82, 2.24) is 24.1 Å². The number of hydrogen-bond acceptors (Lipinski definition) is 3. The quantitative estimate of drug-likeness (QED) is 0.156. The molecule has 5 heteroatoms. The van der Waals surface area contributed by atoms with Gasteiger partial charge in [0.1, 0.15) is 0 Å². The predicted octanol–water partition coefficient (Wildman–Crippen LogP) is 16.2. The topological polar surface area (TPSA) is 48.5 Å². The molecule has 0 unspecified atom stereocenters. The number of fused-ring (bicyclic) bond motifs is 13. The summed E-state index contributed by atoms with van der Waals surface area (Å²) in [5, 5.41) is 12.3. The molecule has 14 aromatic rings. The zero-order valence-corrected chi connectivity index (χ0v) is 36.8. The van der Waals surface area contributed by atoms with Crippen molar-refractivity contribution < 1.29 is 0 Å². The SMILES string of the molecule is c1ccc(-c2nc(-c3ccccc3)nc(-n3c4ccccc4c4c5c6ccccc6n(-c6ccccc6-c6ccccc6-c6ccc7c8ccccc8c8ccccc8c7c6)c5ccc43)n2)cc1. The maximum absolute atomic E-state index is 5.23. The van der Waals surface area contributed by atoms with Gasteiger partial charge in [0.25, 0.3) is 0 Å². The average molecular weight is 866 g/mol. The van der Waals surface area contributed by atoms with Gasteiger partial charge in [-0.1, -0.05) is 200 Å². The summed E-state index contributed by atoms with van der Waals surface area (Å²) in [4.78, 5) is 15.5. The van der Waals surface area contributed by atoms with Crippen molar-refractivity contribution in [3.63, 3.8) is 0 Å². The lowest BCUT2D eigenvalue weighted by Gasteiger charge is -2.18. The van der Waals surface area contributed by atoms with Crippen molar-refractivity contribution in [2.24, 2.45) is 0 Å². The molecule has 11 aromatic carbocycles. The lowest BCUT2D eigenvalue weighted by Crippen LogP contribution is -2.06. The van der Waals surface area contributed by atoms with E-state index in [1.54, 1.807) is 0 Å². The zero-order chi connectivity index (χ0) is 44.7. The maximum Gasteiger partial charge on any atom is 0.238 e. The molecule has 0 N–H and O–H groups in total. The van der Waals surface area contributed by atoms with Crippen LogP contribution in [0.1, 0.15) is 0 Å². The Labute approximate surface area is 391 Å². The molecule has 0 amide bonds. The van der Waals surface area contributed by atoms with Crippen LogP contribution in [-0.4, -0.2) is 24.1 Å². The Morgan fingerprint density at radius 3 is 1.26 bits per heavy atom. The van der Waals surface area contributed by atoms with Crippen LogP contribution in [0.5, 0.6) is 0 Å². The highest BCUT2D eigenvalue weighted by molar-refractivity contribution is 6.29. The molecule has 0 bridgehead atoms. The van der Waals surface area contributed by atoms with Crippen LogP contribution in [0.25, 0.3) is 133 Å². The van der Waals surface area contributed by atoms with Crippen LogP contribution in [0.15, 0.2) is 237 Å². The van der Waals surface area contributed by atoms with Gasteiger partial charge in [-0.05, 0) is 85.4 Å². The Balaban J connectivity index is 0.999. The molecule has 0 fully saturated rings. The van der Waals surface area contributed by atoms with Gasteiger partial charge in [-0.25, -0.2) is 4.98 Å². The molecule has 0 atom stereocenters. The first-order valence-corrected chi connectivity index (χ1v) is 23.1. The largest absolute Gasteiger partial charge is 0.309 e. The van der Waals surface area contributed by atoms with E-state index in [0.717, 1.165) is 55.2 Å². The number of nitrogens with zero attached hydrogens (tertiary/aromatic N) is 5. The summed E-state index contributed by atoms with van der Waals surface area (Å²) in [6, 6.07) is 84.7. The zero-order valence-electron chi connectivity index (χ0n) is 36.8. The first kappa shape index (κ1) is 38.1. The molecule has 14 rings (SSSR count). The van der Waals surface area contributed by atoms with Crippen molar-refractivity contribution >= 4 is 75.9 Å². The second-order valence-corrected chi connectivity index (χ2v) is 17.5. The third kappa shape index (κ3) is 5.79. The van der Waals surface area contributed by atoms with Gasteiger partial charge < -0.3 is 4.57 Å². The van der Waals surface area contributed by atoms with Gasteiger partial charge in [0.2, 0.25) is 5.95 Å². The number of aromatic nitrogens is 5. The molecule has 3 aromatic heterocycles. The van der Waals surface area contributed by atoms with Crippen LogP contribution in [-0.2, 0) is 0 Å². The number of hydrogen-bond donors (Lipinski definition) is 0. The van der Waals surface area contributed by atoms with E-state index in [9.17, 15) is 0 Å². The molecule has 316 valence electrons. The normalized spacial score (nSPS) is 11.8. The van der Waals surface area contributed by atoms with Crippen LogP contribution in [0.3, 0.4) is 0 Å². The van der Waals surface area contributed by atoms with Crippen molar-refractivity contribution in [1.29, 1.82) is 0 Å². The van der Waals surface area contributed by atoms with Gasteiger partial charge in [0.05, 0.1) is 27.8 Å². The van der Waals surface area contributed by atoms with E-state index in [-0.39, 0.29) is 0 Å². The molecule has 0 aliphatic heterocycles. The molecule has 0 radical (unpaired) electrons. The summed E-state index contributed by atoms with van der Waals surface area (Å²) in [6.07, 6.45) is 0. The molecular weight excluding hydrogens is 827 g/mol. The molecular formula is C63H39N5. The first-order chi connectivity index (χ1) is 33.8. The number of benzene rings is 11. The van der Waals surface area contributed by atoms with Crippen LogP contribution in [0.4, 0.5) is 0 Å². The average Bonchev–Trinajstić information content (AvgIpc) is 3.94. The minimum Gasteiger partial charge on any atom is -0.309 e. The third-order valence-electron chi connectivity index (χ3n) is 13.8. The Bertz CT molecular complexity index is 4230.